The third kappa shape index (κ3) is 3.46. The van der Waals surface area contributed by atoms with Gasteiger partial charge in [0.2, 0.25) is 5.91 Å². The zero-order valence-corrected chi connectivity index (χ0v) is 15.8. The van der Waals surface area contributed by atoms with E-state index in [0.717, 1.165) is 22.2 Å². The number of carbonyl (C=O) groups excluding carboxylic acids is 2. The third-order valence-electron chi connectivity index (χ3n) is 3.62. The fourth-order valence-electron chi connectivity index (χ4n) is 2.26. The number of imide groups is 1. The van der Waals surface area contributed by atoms with Crippen molar-refractivity contribution in [2.45, 2.75) is 51.1 Å². The number of nitrogens with one attached hydrogen (secondary N) is 1. The topological polar surface area (TPSA) is 107 Å². The minimum Gasteiger partial charge on any atom is -0.351 e. The number of aromatic nitrogens is 2. The molecule has 0 aliphatic rings. The molecule has 0 fully saturated rings. The van der Waals surface area contributed by atoms with E-state index in [1.807, 2.05) is 33.0 Å². The van der Waals surface area contributed by atoms with Gasteiger partial charge in [0.25, 0.3) is 5.56 Å². The predicted molar refractivity (Wildman–Crippen MR) is 96.8 cm³/mol. The molecule has 0 saturated heterocycles. The summed E-state index contributed by atoms with van der Waals surface area (Å²) in [7, 11) is 0. The van der Waals surface area contributed by atoms with E-state index in [2.05, 4.69) is 4.98 Å². The summed E-state index contributed by atoms with van der Waals surface area (Å²) >= 11 is 2.59. The van der Waals surface area contributed by atoms with Crippen LogP contribution in [-0.4, -0.2) is 26.7 Å². The minimum absolute atomic E-state index is 0.108. The van der Waals surface area contributed by atoms with Crippen molar-refractivity contribution in [2.24, 2.45) is 5.73 Å². The molecule has 130 valence electrons. The first-order valence-corrected chi connectivity index (χ1v) is 9.12. The van der Waals surface area contributed by atoms with Gasteiger partial charge in [0.15, 0.2) is 5.16 Å². The number of nitrogens with zero attached hydrogens (tertiary/aromatic N) is 2. The van der Waals surface area contributed by atoms with Crippen LogP contribution in [0.15, 0.2) is 9.95 Å². The van der Waals surface area contributed by atoms with Crippen molar-refractivity contribution in [2.75, 3.05) is 0 Å². The number of urea groups is 1. The number of rotatable bonds is 4. The van der Waals surface area contributed by atoms with Gasteiger partial charge in [0, 0.05) is 10.9 Å². The van der Waals surface area contributed by atoms with Crippen LogP contribution in [-0.2, 0) is 4.79 Å². The quantitative estimate of drug-likeness (QED) is 0.636. The highest BCUT2D eigenvalue weighted by Crippen LogP contribution is 2.30. The van der Waals surface area contributed by atoms with Crippen LogP contribution in [0.5, 0.6) is 0 Å². The summed E-state index contributed by atoms with van der Waals surface area (Å²) in [5.41, 5.74) is 5.80. The number of hydrogen-bond acceptors (Lipinski definition) is 6. The molecule has 2 aromatic heterocycles. The molecule has 24 heavy (non-hydrogen) atoms. The molecule has 7 nitrogen and oxygen atoms in total. The molecule has 3 N–H and O–H groups in total. The predicted octanol–water partition coefficient (Wildman–Crippen LogP) is 2.33. The highest BCUT2D eigenvalue weighted by molar-refractivity contribution is 8.00. The first-order chi connectivity index (χ1) is 11.1. The summed E-state index contributed by atoms with van der Waals surface area (Å²) in [6, 6.07) is -1.01. The molecule has 2 aromatic rings. The number of aryl methyl sites for hydroxylation is 2. The normalized spacial score (nSPS) is 12.6. The second-order valence-electron chi connectivity index (χ2n) is 5.74. The first-order valence-electron chi connectivity index (χ1n) is 7.42. The van der Waals surface area contributed by atoms with E-state index >= 15 is 0 Å². The Morgan fingerprint density at radius 3 is 2.46 bits per heavy atom. The Bertz CT molecular complexity index is 870. The van der Waals surface area contributed by atoms with Crippen LogP contribution in [0.4, 0.5) is 4.79 Å². The Morgan fingerprint density at radius 2 is 1.92 bits per heavy atom. The van der Waals surface area contributed by atoms with Crippen LogP contribution in [0.25, 0.3) is 10.2 Å². The SMILES string of the molecule is Cc1sc2nc(S[C@@H](C)C(=O)NC(N)=O)n(C(C)C)c(=O)c2c1C. The van der Waals surface area contributed by atoms with Gasteiger partial charge in [0.05, 0.1) is 10.6 Å². The summed E-state index contributed by atoms with van der Waals surface area (Å²) in [6.07, 6.45) is 0. The van der Waals surface area contributed by atoms with Gasteiger partial charge < -0.3 is 5.73 Å². The number of nitrogens with two attached hydrogens (primary N) is 1. The molecule has 0 radical (unpaired) electrons. The smallest absolute Gasteiger partial charge is 0.318 e. The monoisotopic (exact) mass is 368 g/mol. The second kappa shape index (κ2) is 6.94. The molecule has 0 aliphatic carbocycles. The maximum absolute atomic E-state index is 12.9. The lowest BCUT2D eigenvalue weighted by Gasteiger charge is -2.17. The standard InChI is InChI=1S/C15H20N4O3S2/c1-6(2)19-13(21)10-7(3)8(4)23-12(10)18-15(19)24-9(5)11(20)17-14(16)22/h6,9H,1-5H3,(H3,16,17,20,22)/t9-/m0/s1. The Kier molecular flexibility index (Phi) is 5.34. The molecule has 0 unspecified atom stereocenters. The van der Waals surface area contributed by atoms with Crippen LogP contribution in [0.2, 0.25) is 0 Å². The number of carbonyl (C=O) groups is 2. The minimum atomic E-state index is -0.901. The van der Waals surface area contributed by atoms with E-state index in [4.69, 9.17) is 5.73 Å². The van der Waals surface area contributed by atoms with E-state index in [1.165, 1.54) is 11.3 Å². The molecule has 2 heterocycles. The highest BCUT2D eigenvalue weighted by atomic mass is 32.2. The van der Waals surface area contributed by atoms with E-state index < -0.39 is 17.2 Å². The molecule has 9 heteroatoms. The van der Waals surface area contributed by atoms with Gasteiger partial charge in [-0.3, -0.25) is 19.5 Å². The van der Waals surface area contributed by atoms with Gasteiger partial charge >= 0.3 is 6.03 Å². The number of thioether (sulfide) groups is 1. The Hall–Kier alpha value is -1.87. The van der Waals surface area contributed by atoms with Crippen LogP contribution < -0.4 is 16.6 Å². The van der Waals surface area contributed by atoms with E-state index in [0.29, 0.717) is 15.4 Å². The third-order valence-corrected chi connectivity index (χ3v) is 5.78. The fraction of sp³-hybridized carbons (Fsp3) is 0.467. The van der Waals surface area contributed by atoms with Gasteiger partial charge in [0.1, 0.15) is 4.83 Å². The van der Waals surface area contributed by atoms with Crippen LogP contribution >= 0.6 is 23.1 Å². The largest absolute Gasteiger partial charge is 0.351 e. The average molecular weight is 368 g/mol. The zero-order valence-electron chi connectivity index (χ0n) is 14.2. The number of primary amides is 1. The number of amides is 3. The Morgan fingerprint density at radius 1 is 1.29 bits per heavy atom. The molecule has 1 atom stereocenters. The van der Waals surface area contributed by atoms with Gasteiger partial charge in [-0.1, -0.05) is 11.8 Å². The number of thiophene rings is 1. The average Bonchev–Trinajstić information content (AvgIpc) is 2.72. The number of hydrogen-bond donors (Lipinski definition) is 2. The molecule has 2 rings (SSSR count). The number of fused-ring (bicyclic) bond motifs is 1. The fourth-order valence-corrected chi connectivity index (χ4v) is 4.37. The van der Waals surface area contributed by atoms with Crippen molar-refractivity contribution >= 4 is 45.3 Å². The van der Waals surface area contributed by atoms with Crippen LogP contribution in [0.1, 0.15) is 37.3 Å². The summed E-state index contributed by atoms with van der Waals surface area (Å²) in [4.78, 5) is 41.9. The molecular weight excluding hydrogens is 348 g/mol. The lowest BCUT2D eigenvalue weighted by atomic mass is 10.2. The second-order valence-corrected chi connectivity index (χ2v) is 8.25. The van der Waals surface area contributed by atoms with Crippen molar-refractivity contribution in [3.05, 3.63) is 20.8 Å². The van der Waals surface area contributed by atoms with Crippen LogP contribution in [0, 0.1) is 13.8 Å². The molecule has 0 spiro atoms. The molecule has 0 bridgehead atoms. The molecule has 0 aliphatic heterocycles. The molecular formula is C15H20N4O3S2. The molecule has 0 aromatic carbocycles. The summed E-state index contributed by atoms with van der Waals surface area (Å²) < 4.78 is 1.58. The van der Waals surface area contributed by atoms with Gasteiger partial charge in [-0.2, -0.15) is 0 Å². The summed E-state index contributed by atoms with van der Waals surface area (Å²) in [5, 5.41) is 2.51. The lowest BCUT2D eigenvalue weighted by Crippen LogP contribution is -2.39. The maximum atomic E-state index is 12.9. The van der Waals surface area contributed by atoms with Crippen molar-refractivity contribution in [1.82, 2.24) is 14.9 Å². The van der Waals surface area contributed by atoms with E-state index in [1.54, 1.807) is 11.5 Å². The van der Waals surface area contributed by atoms with Crippen LogP contribution in [0.3, 0.4) is 0 Å². The van der Waals surface area contributed by atoms with Gasteiger partial charge in [-0.25, -0.2) is 9.78 Å². The first kappa shape index (κ1) is 18.5. The summed E-state index contributed by atoms with van der Waals surface area (Å²) in [5.74, 6) is -0.518. The Balaban J connectivity index is 2.53. The molecule has 3 amide bonds. The zero-order chi connectivity index (χ0) is 18.2. The van der Waals surface area contributed by atoms with Crippen molar-refractivity contribution < 1.29 is 9.59 Å². The lowest BCUT2D eigenvalue weighted by molar-refractivity contribution is -0.119. The Labute approximate surface area is 147 Å². The van der Waals surface area contributed by atoms with Crippen molar-refractivity contribution in [1.29, 1.82) is 0 Å². The molecule has 0 saturated carbocycles. The summed E-state index contributed by atoms with van der Waals surface area (Å²) in [6.45, 7) is 9.28. The van der Waals surface area contributed by atoms with Crippen molar-refractivity contribution in [3.8, 4) is 0 Å². The highest BCUT2D eigenvalue weighted by Gasteiger charge is 2.23. The van der Waals surface area contributed by atoms with E-state index in [9.17, 15) is 14.4 Å². The van der Waals surface area contributed by atoms with E-state index in [-0.39, 0.29) is 11.6 Å². The van der Waals surface area contributed by atoms with Gasteiger partial charge in [-0.05, 0) is 40.2 Å². The maximum Gasteiger partial charge on any atom is 0.318 e. The van der Waals surface area contributed by atoms with Gasteiger partial charge in [-0.15, -0.1) is 11.3 Å². The van der Waals surface area contributed by atoms with Crippen molar-refractivity contribution in [3.63, 3.8) is 0 Å².